The maximum absolute atomic E-state index is 13.0. The van der Waals surface area contributed by atoms with Gasteiger partial charge in [0.2, 0.25) is 5.91 Å². The van der Waals surface area contributed by atoms with Crippen molar-refractivity contribution in [1.82, 2.24) is 19.8 Å². The third-order valence-corrected chi connectivity index (χ3v) is 5.83. The van der Waals surface area contributed by atoms with Gasteiger partial charge >= 0.3 is 0 Å². The summed E-state index contributed by atoms with van der Waals surface area (Å²) >= 11 is 0. The number of hydrogen-bond acceptors (Lipinski definition) is 6. The summed E-state index contributed by atoms with van der Waals surface area (Å²) < 4.78 is 0. The number of amides is 2. The minimum absolute atomic E-state index is 0.0118. The molecule has 1 fully saturated rings. The largest absolute Gasteiger partial charge is 0.357 e. The van der Waals surface area contributed by atoms with E-state index in [1.165, 1.54) is 0 Å². The molecule has 2 aliphatic rings. The summed E-state index contributed by atoms with van der Waals surface area (Å²) in [6, 6.07) is 5.87. The zero-order valence-electron chi connectivity index (χ0n) is 18.4. The lowest BCUT2D eigenvalue weighted by Crippen LogP contribution is -2.43. The van der Waals surface area contributed by atoms with Crippen LogP contribution in [0.25, 0.3) is 11.1 Å². The molecule has 2 aromatic rings. The first kappa shape index (κ1) is 21.7. The van der Waals surface area contributed by atoms with E-state index in [-0.39, 0.29) is 24.4 Å². The second kappa shape index (κ2) is 9.30. The van der Waals surface area contributed by atoms with E-state index in [0.29, 0.717) is 30.1 Å². The molecule has 32 heavy (non-hydrogen) atoms. The van der Waals surface area contributed by atoms with Crippen molar-refractivity contribution in [3.05, 3.63) is 53.6 Å². The van der Waals surface area contributed by atoms with Gasteiger partial charge in [0.25, 0.3) is 5.91 Å². The molecular formula is C24H27N5O3. The lowest BCUT2D eigenvalue weighted by molar-refractivity contribution is -0.129. The average Bonchev–Trinajstić information content (AvgIpc) is 3.64. The number of aromatic nitrogens is 2. The molecule has 3 heterocycles. The first-order valence-electron chi connectivity index (χ1n) is 10.8. The molecule has 1 aliphatic heterocycles. The topological polar surface area (TPSA) is 95.5 Å². The van der Waals surface area contributed by atoms with Gasteiger partial charge in [0, 0.05) is 54.9 Å². The lowest BCUT2D eigenvalue weighted by atomic mass is 10.0. The quantitative estimate of drug-likeness (QED) is 0.675. The molecule has 8 heteroatoms. The van der Waals surface area contributed by atoms with Gasteiger partial charge in [-0.05, 0) is 56.4 Å². The Labute approximate surface area is 187 Å². The number of nitrogens with one attached hydrogen (secondary N) is 1. The van der Waals surface area contributed by atoms with Crippen LogP contribution in [0.15, 0.2) is 48.1 Å². The maximum atomic E-state index is 13.0. The molecule has 0 unspecified atom stereocenters. The summed E-state index contributed by atoms with van der Waals surface area (Å²) in [5, 5.41) is 2.79. The van der Waals surface area contributed by atoms with Gasteiger partial charge in [-0.2, -0.15) is 0 Å². The fourth-order valence-electron chi connectivity index (χ4n) is 3.94. The molecule has 0 spiro atoms. The normalized spacial score (nSPS) is 16.0. The highest BCUT2D eigenvalue weighted by Crippen LogP contribution is 2.30. The Morgan fingerprint density at radius 2 is 2.03 bits per heavy atom. The number of aldehydes is 1. The molecular weight excluding hydrogens is 406 g/mol. The molecule has 8 nitrogen and oxygen atoms in total. The fourth-order valence-corrected chi connectivity index (χ4v) is 3.94. The Balaban J connectivity index is 1.44. The molecule has 0 aromatic carbocycles. The van der Waals surface area contributed by atoms with Crippen LogP contribution in [-0.2, 0) is 14.4 Å². The summed E-state index contributed by atoms with van der Waals surface area (Å²) in [4.78, 5) is 49.3. The zero-order chi connectivity index (χ0) is 22.7. The van der Waals surface area contributed by atoms with Crippen molar-refractivity contribution >= 4 is 23.9 Å². The predicted octanol–water partition coefficient (Wildman–Crippen LogP) is 2.56. The fraction of sp³-hybridized carbons (Fsp3) is 0.375. The van der Waals surface area contributed by atoms with E-state index in [9.17, 15) is 14.4 Å². The molecule has 0 radical (unpaired) electrons. The van der Waals surface area contributed by atoms with Crippen molar-refractivity contribution in [3.8, 4) is 11.1 Å². The Morgan fingerprint density at radius 3 is 2.69 bits per heavy atom. The van der Waals surface area contributed by atoms with Gasteiger partial charge in [-0.3, -0.25) is 19.4 Å². The van der Waals surface area contributed by atoms with Crippen molar-refractivity contribution in [2.45, 2.75) is 38.6 Å². The number of carbonyl (C=O) groups is 3. The van der Waals surface area contributed by atoms with Gasteiger partial charge in [0.1, 0.15) is 17.8 Å². The number of likely N-dealkylation sites (N-methyl/N-ethyl adjacent to an activating group) is 1. The molecule has 2 aromatic heterocycles. The lowest BCUT2D eigenvalue weighted by Gasteiger charge is -2.33. The SMILES string of the molecule is Cc1cncc(-c2ccc(NC(=O)CN3CCCC(C=O)=C3C(=O)N(C)C3CC3)nc2)c1. The Morgan fingerprint density at radius 1 is 1.22 bits per heavy atom. The number of hydrogen-bond donors (Lipinski definition) is 1. The number of anilines is 1. The number of allylic oxidation sites excluding steroid dienone is 1. The molecule has 1 N–H and O–H groups in total. The third-order valence-electron chi connectivity index (χ3n) is 5.83. The minimum atomic E-state index is -0.283. The van der Waals surface area contributed by atoms with Crippen molar-refractivity contribution in [3.63, 3.8) is 0 Å². The maximum Gasteiger partial charge on any atom is 0.270 e. The number of carbonyl (C=O) groups excluding carboxylic acids is 3. The van der Waals surface area contributed by atoms with Crippen LogP contribution < -0.4 is 5.32 Å². The third kappa shape index (κ3) is 4.85. The Hall–Kier alpha value is -3.55. The summed E-state index contributed by atoms with van der Waals surface area (Å²) in [6.45, 7) is 2.52. The summed E-state index contributed by atoms with van der Waals surface area (Å²) in [5.74, 6) is -0.0377. The average molecular weight is 434 g/mol. The first-order chi connectivity index (χ1) is 15.5. The van der Waals surface area contributed by atoms with Crippen LogP contribution in [-0.4, -0.2) is 64.0 Å². The molecule has 0 bridgehead atoms. The van der Waals surface area contributed by atoms with Gasteiger partial charge < -0.3 is 15.1 Å². The highest BCUT2D eigenvalue weighted by molar-refractivity contribution is 6.00. The van der Waals surface area contributed by atoms with Gasteiger partial charge in [-0.15, -0.1) is 0 Å². The number of aryl methyl sites for hydroxylation is 1. The summed E-state index contributed by atoms with van der Waals surface area (Å²) in [7, 11) is 1.76. The van der Waals surface area contributed by atoms with Crippen LogP contribution in [0, 0.1) is 6.92 Å². The van der Waals surface area contributed by atoms with E-state index in [1.54, 1.807) is 41.5 Å². The van der Waals surface area contributed by atoms with Crippen molar-refractivity contribution < 1.29 is 14.4 Å². The minimum Gasteiger partial charge on any atom is -0.357 e. The predicted molar refractivity (Wildman–Crippen MR) is 121 cm³/mol. The smallest absolute Gasteiger partial charge is 0.270 e. The molecule has 1 aliphatic carbocycles. The van der Waals surface area contributed by atoms with Crippen LogP contribution in [0.5, 0.6) is 0 Å². The zero-order valence-corrected chi connectivity index (χ0v) is 18.4. The van der Waals surface area contributed by atoms with E-state index in [2.05, 4.69) is 15.3 Å². The van der Waals surface area contributed by atoms with Crippen molar-refractivity contribution in [2.24, 2.45) is 0 Å². The van der Waals surface area contributed by atoms with E-state index >= 15 is 0 Å². The van der Waals surface area contributed by atoms with Crippen molar-refractivity contribution in [2.75, 3.05) is 25.5 Å². The number of rotatable bonds is 7. The van der Waals surface area contributed by atoms with Gasteiger partial charge in [0.15, 0.2) is 0 Å². The van der Waals surface area contributed by atoms with Gasteiger partial charge in [0.05, 0.1) is 6.54 Å². The van der Waals surface area contributed by atoms with Gasteiger partial charge in [-0.1, -0.05) is 0 Å². The molecule has 2 amide bonds. The van der Waals surface area contributed by atoms with Crippen LogP contribution >= 0.6 is 0 Å². The highest BCUT2D eigenvalue weighted by atomic mass is 16.2. The molecule has 1 saturated carbocycles. The molecule has 166 valence electrons. The van der Waals surface area contributed by atoms with Crippen molar-refractivity contribution in [1.29, 1.82) is 0 Å². The van der Waals surface area contributed by atoms with E-state index < -0.39 is 0 Å². The monoisotopic (exact) mass is 433 g/mol. The van der Waals surface area contributed by atoms with Gasteiger partial charge in [-0.25, -0.2) is 4.98 Å². The van der Waals surface area contributed by atoms with E-state index in [4.69, 9.17) is 0 Å². The number of nitrogens with zero attached hydrogens (tertiary/aromatic N) is 4. The van der Waals surface area contributed by atoms with E-state index in [1.807, 2.05) is 19.1 Å². The standard InChI is InChI=1S/C24H27N5O3/c1-16-10-19(12-25-11-16)17-5-8-21(26-13-17)27-22(31)14-29-9-3-4-18(15-30)23(29)24(32)28(2)20-6-7-20/h5,8,10-13,15,20H,3-4,6-7,9,14H2,1-2H3,(H,26,27,31). The highest BCUT2D eigenvalue weighted by Gasteiger charge is 2.35. The summed E-state index contributed by atoms with van der Waals surface area (Å²) in [5.41, 5.74) is 3.74. The van der Waals surface area contributed by atoms with Crippen LogP contribution in [0.2, 0.25) is 0 Å². The van der Waals surface area contributed by atoms with Crippen LogP contribution in [0.1, 0.15) is 31.2 Å². The Kier molecular flexibility index (Phi) is 6.30. The summed E-state index contributed by atoms with van der Waals surface area (Å²) in [6.07, 6.45) is 9.24. The molecule has 4 rings (SSSR count). The first-order valence-corrected chi connectivity index (χ1v) is 10.8. The van der Waals surface area contributed by atoms with E-state index in [0.717, 1.165) is 42.2 Å². The number of pyridine rings is 2. The second-order valence-electron chi connectivity index (χ2n) is 8.40. The molecule has 0 saturated heterocycles. The van der Waals surface area contributed by atoms with Crippen LogP contribution in [0.3, 0.4) is 0 Å². The Bertz CT molecular complexity index is 1060. The second-order valence-corrected chi connectivity index (χ2v) is 8.40. The van der Waals surface area contributed by atoms with Crippen LogP contribution in [0.4, 0.5) is 5.82 Å². The molecule has 0 atom stereocenters.